The maximum Gasteiger partial charge on any atom is 0.278 e. The van der Waals surface area contributed by atoms with Crippen molar-refractivity contribution < 1.29 is 8.78 Å². The van der Waals surface area contributed by atoms with Crippen LogP contribution in [-0.4, -0.2) is 4.98 Å². The van der Waals surface area contributed by atoms with Crippen molar-refractivity contribution in [3.05, 3.63) is 33.7 Å². The van der Waals surface area contributed by atoms with Gasteiger partial charge >= 0.3 is 0 Å². The third kappa shape index (κ3) is 1.48. The molecule has 5 heteroatoms. The van der Waals surface area contributed by atoms with Crippen molar-refractivity contribution >= 4 is 0 Å². The summed E-state index contributed by atoms with van der Waals surface area (Å²) < 4.78 is 23.9. The van der Waals surface area contributed by atoms with E-state index < -0.39 is 17.5 Å². The van der Waals surface area contributed by atoms with Crippen LogP contribution in [0.3, 0.4) is 0 Å². The molecule has 0 aromatic carbocycles. The number of hydrogen-bond acceptors (Lipinski definition) is 2. The lowest BCUT2D eigenvalue weighted by Crippen LogP contribution is -2.07. The van der Waals surface area contributed by atoms with Crippen molar-refractivity contribution in [2.24, 2.45) is 0 Å². The van der Waals surface area contributed by atoms with Gasteiger partial charge in [-0.1, -0.05) is 0 Å². The molecule has 1 aromatic rings. The number of H-pyrrole nitrogens is 1. The van der Waals surface area contributed by atoms with E-state index in [1.165, 1.54) is 0 Å². The second kappa shape index (κ2) is 3.13. The molecular weight excluding hydrogens is 166 g/mol. The normalized spacial score (nSPS) is 9.83. The monoisotopic (exact) mass is 170 g/mol. The summed E-state index contributed by atoms with van der Waals surface area (Å²) in [6, 6.07) is 2.30. The fourth-order valence-corrected chi connectivity index (χ4v) is 0.701. The SMILES string of the molecule is N#Cc1c[nH]c(C(F)F)cc1=O. The first kappa shape index (κ1) is 8.40. The Morgan fingerprint density at radius 2 is 2.25 bits per heavy atom. The van der Waals surface area contributed by atoms with Crippen LogP contribution in [0.2, 0.25) is 0 Å². The number of aromatic nitrogens is 1. The molecule has 0 amide bonds. The van der Waals surface area contributed by atoms with Crippen LogP contribution in [0.1, 0.15) is 17.7 Å². The third-order valence-electron chi connectivity index (χ3n) is 1.29. The number of nitriles is 1. The zero-order chi connectivity index (χ0) is 9.14. The first-order chi connectivity index (χ1) is 5.65. The molecule has 0 atom stereocenters. The van der Waals surface area contributed by atoms with Gasteiger partial charge in [0.25, 0.3) is 6.43 Å². The summed E-state index contributed by atoms with van der Waals surface area (Å²) in [5.74, 6) is 0. The summed E-state index contributed by atoms with van der Waals surface area (Å²) in [5.41, 5.74) is -1.33. The van der Waals surface area contributed by atoms with Crippen molar-refractivity contribution in [3.63, 3.8) is 0 Å². The molecule has 0 aliphatic carbocycles. The van der Waals surface area contributed by atoms with Crippen molar-refractivity contribution in [1.82, 2.24) is 4.98 Å². The first-order valence-electron chi connectivity index (χ1n) is 3.06. The Kier molecular flexibility index (Phi) is 2.19. The van der Waals surface area contributed by atoms with E-state index in [0.29, 0.717) is 0 Å². The molecule has 1 heterocycles. The highest BCUT2D eigenvalue weighted by Gasteiger charge is 2.08. The van der Waals surface area contributed by atoms with E-state index in [1.807, 2.05) is 0 Å². The Hall–Kier alpha value is -1.70. The quantitative estimate of drug-likeness (QED) is 0.688. The Labute approximate surface area is 66.3 Å². The molecular formula is C7H4F2N2O. The average molecular weight is 170 g/mol. The van der Waals surface area contributed by atoms with Gasteiger partial charge in [-0.05, 0) is 0 Å². The minimum Gasteiger partial charge on any atom is -0.359 e. The van der Waals surface area contributed by atoms with Crippen molar-refractivity contribution in [1.29, 1.82) is 5.26 Å². The van der Waals surface area contributed by atoms with Gasteiger partial charge in [-0.2, -0.15) is 5.26 Å². The molecule has 0 bridgehead atoms. The molecule has 1 N–H and O–H groups in total. The molecule has 0 radical (unpaired) electrons. The number of alkyl halides is 2. The molecule has 1 rings (SSSR count). The minimum absolute atomic E-state index is 0.167. The summed E-state index contributed by atoms with van der Waals surface area (Å²) in [5, 5.41) is 8.29. The van der Waals surface area contributed by atoms with Gasteiger partial charge in [0.1, 0.15) is 11.6 Å². The van der Waals surface area contributed by atoms with Gasteiger partial charge in [0, 0.05) is 12.3 Å². The summed E-state index contributed by atoms with van der Waals surface area (Å²) >= 11 is 0. The molecule has 0 fully saturated rings. The number of halogens is 2. The summed E-state index contributed by atoms with van der Waals surface area (Å²) in [7, 11) is 0. The second-order valence-corrected chi connectivity index (χ2v) is 2.08. The minimum atomic E-state index is -2.72. The predicted octanol–water partition coefficient (Wildman–Crippen LogP) is 1.18. The third-order valence-corrected chi connectivity index (χ3v) is 1.29. The van der Waals surface area contributed by atoms with Crippen LogP contribution in [0.25, 0.3) is 0 Å². The van der Waals surface area contributed by atoms with Gasteiger partial charge in [-0.15, -0.1) is 0 Å². The molecule has 3 nitrogen and oxygen atoms in total. The molecule has 0 spiro atoms. The van der Waals surface area contributed by atoms with Crippen LogP contribution in [0.15, 0.2) is 17.1 Å². The lowest BCUT2D eigenvalue weighted by atomic mass is 10.2. The fraction of sp³-hybridized carbons (Fsp3) is 0.143. The van der Waals surface area contributed by atoms with Crippen LogP contribution >= 0.6 is 0 Å². The molecule has 62 valence electrons. The number of aromatic amines is 1. The fourth-order valence-electron chi connectivity index (χ4n) is 0.701. The molecule has 0 aliphatic rings. The van der Waals surface area contributed by atoms with Crippen LogP contribution in [-0.2, 0) is 0 Å². The van der Waals surface area contributed by atoms with Crippen molar-refractivity contribution in [2.45, 2.75) is 6.43 Å². The topological polar surface area (TPSA) is 56.6 Å². The summed E-state index contributed by atoms with van der Waals surface area (Å²) in [6.45, 7) is 0. The van der Waals surface area contributed by atoms with E-state index in [1.54, 1.807) is 6.07 Å². The van der Waals surface area contributed by atoms with Gasteiger partial charge in [0.05, 0.1) is 5.69 Å². The summed E-state index contributed by atoms with van der Waals surface area (Å²) in [4.78, 5) is 13.0. The van der Waals surface area contributed by atoms with E-state index in [-0.39, 0.29) is 5.56 Å². The van der Waals surface area contributed by atoms with E-state index in [0.717, 1.165) is 12.3 Å². The van der Waals surface area contributed by atoms with Crippen molar-refractivity contribution in [3.8, 4) is 6.07 Å². The number of nitrogens with zero attached hydrogens (tertiary/aromatic N) is 1. The van der Waals surface area contributed by atoms with Crippen molar-refractivity contribution in [2.75, 3.05) is 0 Å². The molecule has 1 aromatic heterocycles. The molecule has 0 unspecified atom stereocenters. The maximum absolute atomic E-state index is 11.9. The Balaban J connectivity index is 3.22. The maximum atomic E-state index is 11.9. The van der Waals surface area contributed by atoms with E-state index in [4.69, 9.17) is 5.26 Å². The standard InChI is InChI=1S/C7H4F2N2O/c8-7(9)5-1-6(12)4(2-10)3-11-5/h1,3,7H,(H,11,12). The van der Waals surface area contributed by atoms with Gasteiger partial charge in [-0.25, -0.2) is 8.78 Å². The van der Waals surface area contributed by atoms with Crippen LogP contribution < -0.4 is 5.43 Å². The highest BCUT2D eigenvalue weighted by Crippen LogP contribution is 2.13. The Bertz CT molecular complexity index is 378. The number of rotatable bonds is 1. The van der Waals surface area contributed by atoms with E-state index in [9.17, 15) is 13.6 Å². The first-order valence-corrected chi connectivity index (χ1v) is 3.06. The van der Waals surface area contributed by atoms with Gasteiger partial charge in [-0.3, -0.25) is 4.79 Å². The smallest absolute Gasteiger partial charge is 0.278 e. The van der Waals surface area contributed by atoms with Gasteiger partial charge in [0.15, 0.2) is 5.43 Å². The lowest BCUT2D eigenvalue weighted by Gasteiger charge is -1.97. The number of hydrogen-bond donors (Lipinski definition) is 1. The number of pyridine rings is 1. The molecule has 12 heavy (non-hydrogen) atoms. The van der Waals surface area contributed by atoms with Crippen LogP contribution in [0.4, 0.5) is 8.78 Å². The zero-order valence-electron chi connectivity index (χ0n) is 5.84. The van der Waals surface area contributed by atoms with E-state index in [2.05, 4.69) is 4.98 Å². The summed E-state index contributed by atoms with van der Waals surface area (Å²) in [6.07, 6.45) is -1.74. The highest BCUT2D eigenvalue weighted by molar-refractivity contribution is 5.26. The largest absolute Gasteiger partial charge is 0.359 e. The number of nitrogens with one attached hydrogen (secondary N) is 1. The van der Waals surface area contributed by atoms with Crippen LogP contribution in [0, 0.1) is 11.3 Å². The zero-order valence-corrected chi connectivity index (χ0v) is 5.84. The van der Waals surface area contributed by atoms with Crippen LogP contribution in [0.5, 0.6) is 0 Å². The van der Waals surface area contributed by atoms with Gasteiger partial charge < -0.3 is 4.98 Å². The Morgan fingerprint density at radius 1 is 1.58 bits per heavy atom. The van der Waals surface area contributed by atoms with Gasteiger partial charge in [0.2, 0.25) is 0 Å². The lowest BCUT2D eigenvalue weighted by molar-refractivity contribution is 0.146. The highest BCUT2D eigenvalue weighted by atomic mass is 19.3. The second-order valence-electron chi connectivity index (χ2n) is 2.08. The van der Waals surface area contributed by atoms with E-state index >= 15 is 0 Å². The molecule has 0 saturated heterocycles. The Morgan fingerprint density at radius 3 is 2.67 bits per heavy atom. The predicted molar refractivity (Wildman–Crippen MR) is 36.7 cm³/mol. The molecule has 0 saturated carbocycles. The molecule has 0 aliphatic heterocycles. The average Bonchev–Trinajstić information content (AvgIpc) is 2.04.